The molecule has 0 spiro atoms. The van der Waals surface area contributed by atoms with Crippen LogP contribution in [-0.2, 0) is 6.42 Å². The third-order valence-corrected chi connectivity index (χ3v) is 3.34. The lowest BCUT2D eigenvalue weighted by Gasteiger charge is -1.99. The fourth-order valence-corrected chi connectivity index (χ4v) is 2.38. The van der Waals surface area contributed by atoms with Crippen molar-refractivity contribution in [3.8, 4) is 0 Å². The molecule has 0 saturated carbocycles. The standard InChI is InChI=1S/C14H17N3O/c1-10-3-2-4-11(7-10)8-13-16-14(18-17-13)12-5-6-15-9-12/h2-4,7,12,15H,5-6,8-9H2,1H3. The molecule has 2 aromatic rings. The highest BCUT2D eigenvalue weighted by Gasteiger charge is 2.22. The fourth-order valence-electron chi connectivity index (χ4n) is 2.38. The topological polar surface area (TPSA) is 51.0 Å². The van der Waals surface area contributed by atoms with Crippen LogP contribution in [0.4, 0.5) is 0 Å². The van der Waals surface area contributed by atoms with Crippen LogP contribution in [0.25, 0.3) is 0 Å². The minimum Gasteiger partial charge on any atom is -0.339 e. The molecule has 1 saturated heterocycles. The van der Waals surface area contributed by atoms with Gasteiger partial charge in [-0.1, -0.05) is 35.0 Å². The van der Waals surface area contributed by atoms with E-state index in [-0.39, 0.29) is 0 Å². The predicted octanol–water partition coefficient (Wildman–Crippen LogP) is 2.05. The van der Waals surface area contributed by atoms with E-state index in [4.69, 9.17) is 4.52 Å². The molecule has 4 heteroatoms. The smallest absolute Gasteiger partial charge is 0.231 e. The summed E-state index contributed by atoms with van der Waals surface area (Å²) in [6.07, 6.45) is 1.83. The Kier molecular flexibility index (Phi) is 3.11. The SMILES string of the molecule is Cc1cccc(Cc2noc(C3CCNC3)n2)c1. The van der Waals surface area contributed by atoms with Crippen molar-refractivity contribution in [3.63, 3.8) is 0 Å². The average Bonchev–Trinajstić information content (AvgIpc) is 2.98. The van der Waals surface area contributed by atoms with Gasteiger partial charge in [0, 0.05) is 13.0 Å². The molecule has 1 fully saturated rings. The minimum absolute atomic E-state index is 0.392. The van der Waals surface area contributed by atoms with Crippen molar-refractivity contribution in [2.24, 2.45) is 0 Å². The summed E-state index contributed by atoms with van der Waals surface area (Å²) in [5.41, 5.74) is 2.49. The van der Waals surface area contributed by atoms with Gasteiger partial charge >= 0.3 is 0 Å². The summed E-state index contributed by atoms with van der Waals surface area (Å²) in [5, 5.41) is 7.38. The number of rotatable bonds is 3. The summed E-state index contributed by atoms with van der Waals surface area (Å²) in [4.78, 5) is 4.50. The maximum Gasteiger partial charge on any atom is 0.231 e. The monoisotopic (exact) mass is 243 g/mol. The number of aromatic nitrogens is 2. The van der Waals surface area contributed by atoms with Gasteiger partial charge in [0.25, 0.3) is 0 Å². The first-order valence-electron chi connectivity index (χ1n) is 6.40. The lowest BCUT2D eigenvalue weighted by Crippen LogP contribution is -2.08. The number of aryl methyl sites for hydroxylation is 1. The third-order valence-electron chi connectivity index (χ3n) is 3.34. The highest BCUT2D eigenvalue weighted by Crippen LogP contribution is 2.20. The van der Waals surface area contributed by atoms with Gasteiger partial charge in [-0.15, -0.1) is 0 Å². The molecule has 0 bridgehead atoms. The first-order valence-corrected chi connectivity index (χ1v) is 6.40. The molecule has 1 N–H and O–H groups in total. The van der Waals surface area contributed by atoms with E-state index in [9.17, 15) is 0 Å². The Morgan fingerprint density at radius 1 is 1.44 bits per heavy atom. The van der Waals surface area contributed by atoms with E-state index in [0.29, 0.717) is 5.92 Å². The third kappa shape index (κ3) is 2.43. The zero-order chi connectivity index (χ0) is 12.4. The van der Waals surface area contributed by atoms with Gasteiger partial charge in [0.15, 0.2) is 5.82 Å². The van der Waals surface area contributed by atoms with Crippen LogP contribution in [0, 0.1) is 6.92 Å². The van der Waals surface area contributed by atoms with Gasteiger partial charge in [0.1, 0.15) is 0 Å². The predicted molar refractivity (Wildman–Crippen MR) is 68.5 cm³/mol. The molecule has 1 aliphatic rings. The first-order chi connectivity index (χ1) is 8.81. The number of hydrogen-bond donors (Lipinski definition) is 1. The Hall–Kier alpha value is -1.68. The number of nitrogens with one attached hydrogen (secondary N) is 1. The highest BCUT2D eigenvalue weighted by atomic mass is 16.5. The van der Waals surface area contributed by atoms with Crippen molar-refractivity contribution in [2.45, 2.75) is 25.7 Å². The van der Waals surface area contributed by atoms with Crippen molar-refractivity contribution >= 4 is 0 Å². The van der Waals surface area contributed by atoms with E-state index in [0.717, 1.165) is 37.6 Å². The second kappa shape index (κ2) is 4.90. The molecule has 1 atom stereocenters. The maximum absolute atomic E-state index is 5.35. The van der Waals surface area contributed by atoms with Gasteiger partial charge < -0.3 is 9.84 Å². The second-order valence-electron chi connectivity index (χ2n) is 4.90. The second-order valence-corrected chi connectivity index (χ2v) is 4.90. The van der Waals surface area contributed by atoms with Gasteiger partial charge in [0.05, 0.1) is 5.92 Å². The molecule has 1 aromatic heterocycles. The van der Waals surface area contributed by atoms with Crippen LogP contribution in [0.15, 0.2) is 28.8 Å². The minimum atomic E-state index is 0.392. The van der Waals surface area contributed by atoms with Crippen molar-refractivity contribution in [2.75, 3.05) is 13.1 Å². The molecule has 0 amide bonds. The summed E-state index contributed by atoms with van der Waals surface area (Å²) in [6, 6.07) is 8.41. The van der Waals surface area contributed by atoms with Crippen molar-refractivity contribution in [3.05, 3.63) is 47.1 Å². The molecular formula is C14H17N3O. The zero-order valence-electron chi connectivity index (χ0n) is 10.5. The van der Waals surface area contributed by atoms with E-state index < -0.39 is 0 Å². The quantitative estimate of drug-likeness (QED) is 0.896. The molecule has 1 aliphatic heterocycles. The molecule has 3 rings (SSSR count). The Morgan fingerprint density at radius 2 is 2.39 bits per heavy atom. The Balaban J connectivity index is 1.73. The van der Waals surface area contributed by atoms with Gasteiger partial charge in [-0.25, -0.2) is 0 Å². The Morgan fingerprint density at radius 3 is 3.17 bits per heavy atom. The van der Waals surface area contributed by atoms with Crippen LogP contribution in [-0.4, -0.2) is 23.2 Å². The first kappa shape index (κ1) is 11.4. The summed E-state index contributed by atoms with van der Waals surface area (Å²) < 4.78 is 5.35. The van der Waals surface area contributed by atoms with E-state index in [1.54, 1.807) is 0 Å². The Labute approximate surface area is 106 Å². The molecule has 94 valence electrons. The van der Waals surface area contributed by atoms with Crippen molar-refractivity contribution in [1.82, 2.24) is 15.5 Å². The largest absolute Gasteiger partial charge is 0.339 e. The van der Waals surface area contributed by atoms with Crippen LogP contribution in [0.1, 0.15) is 35.2 Å². The molecule has 4 nitrogen and oxygen atoms in total. The van der Waals surface area contributed by atoms with Gasteiger partial charge in [-0.2, -0.15) is 4.98 Å². The molecule has 18 heavy (non-hydrogen) atoms. The lowest BCUT2D eigenvalue weighted by atomic mass is 10.1. The summed E-state index contributed by atoms with van der Waals surface area (Å²) >= 11 is 0. The maximum atomic E-state index is 5.35. The van der Waals surface area contributed by atoms with Gasteiger partial charge in [-0.3, -0.25) is 0 Å². The van der Waals surface area contributed by atoms with Crippen LogP contribution < -0.4 is 5.32 Å². The highest BCUT2D eigenvalue weighted by molar-refractivity contribution is 5.24. The summed E-state index contributed by atoms with van der Waals surface area (Å²) in [7, 11) is 0. The van der Waals surface area contributed by atoms with Crippen LogP contribution in [0.3, 0.4) is 0 Å². The molecule has 0 aliphatic carbocycles. The Bertz CT molecular complexity index is 529. The van der Waals surface area contributed by atoms with E-state index in [2.05, 4.69) is 46.6 Å². The molecular weight excluding hydrogens is 226 g/mol. The molecule has 1 aromatic carbocycles. The van der Waals surface area contributed by atoms with Crippen LogP contribution >= 0.6 is 0 Å². The molecule has 1 unspecified atom stereocenters. The van der Waals surface area contributed by atoms with Crippen LogP contribution in [0.5, 0.6) is 0 Å². The van der Waals surface area contributed by atoms with Crippen molar-refractivity contribution in [1.29, 1.82) is 0 Å². The van der Waals surface area contributed by atoms with Gasteiger partial charge in [-0.05, 0) is 25.5 Å². The van der Waals surface area contributed by atoms with Crippen LogP contribution in [0.2, 0.25) is 0 Å². The average molecular weight is 243 g/mol. The molecule has 0 radical (unpaired) electrons. The fraction of sp³-hybridized carbons (Fsp3) is 0.429. The summed E-state index contributed by atoms with van der Waals surface area (Å²) in [6.45, 7) is 4.09. The number of benzene rings is 1. The van der Waals surface area contributed by atoms with Gasteiger partial charge in [0.2, 0.25) is 5.89 Å². The normalized spacial score (nSPS) is 19.3. The number of hydrogen-bond acceptors (Lipinski definition) is 4. The summed E-state index contributed by atoms with van der Waals surface area (Å²) in [5.74, 6) is 1.95. The number of nitrogens with zero attached hydrogens (tertiary/aromatic N) is 2. The zero-order valence-corrected chi connectivity index (χ0v) is 10.5. The van der Waals surface area contributed by atoms with E-state index in [1.807, 2.05) is 0 Å². The lowest BCUT2D eigenvalue weighted by molar-refractivity contribution is 0.355. The van der Waals surface area contributed by atoms with E-state index in [1.165, 1.54) is 11.1 Å². The molecule has 2 heterocycles. The van der Waals surface area contributed by atoms with Crippen molar-refractivity contribution < 1.29 is 4.52 Å². The van der Waals surface area contributed by atoms with E-state index >= 15 is 0 Å².